The molecule has 2 N–H and O–H groups in total. The number of benzene rings is 1. The molecule has 0 heterocycles. The van der Waals surface area contributed by atoms with Gasteiger partial charge in [0.2, 0.25) is 5.75 Å². The molecule has 0 bridgehead atoms. The van der Waals surface area contributed by atoms with Crippen molar-refractivity contribution in [2.75, 3.05) is 0 Å². The van der Waals surface area contributed by atoms with E-state index in [9.17, 15) is 10.1 Å². The number of halogens is 2. The van der Waals surface area contributed by atoms with Gasteiger partial charge in [-0.05, 0) is 34.8 Å². The van der Waals surface area contributed by atoms with Crippen LogP contribution < -0.4 is 10.5 Å². The van der Waals surface area contributed by atoms with Crippen molar-refractivity contribution in [2.45, 2.75) is 45.3 Å². The maximum atomic E-state index is 11.2. The lowest BCUT2D eigenvalue weighted by Crippen LogP contribution is -2.63. The Kier molecular flexibility index (Phi) is 4.80. The monoisotopic (exact) mass is 376 g/mol. The number of nitro groups is 1. The van der Waals surface area contributed by atoms with E-state index in [-0.39, 0.29) is 29.0 Å². The topological polar surface area (TPSA) is 78.4 Å². The SMILES string of the molecule is CCC1(CC)C(N)CC1Oc1c(Br)cc(Cl)cc1[N+](=O)[O-]. The van der Waals surface area contributed by atoms with Crippen LogP contribution in [0, 0.1) is 15.5 Å². The molecule has 1 aliphatic carbocycles. The number of rotatable bonds is 5. The molecule has 7 heteroatoms. The van der Waals surface area contributed by atoms with Gasteiger partial charge in [-0.25, -0.2) is 0 Å². The van der Waals surface area contributed by atoms with Gasteiger partial charge in [0.15, 0.2) is 0 Å². The summed E-state index contributed by atoms with van der Waals surface area (Å²) in [5.74, 6) is 0.229. The smallest absolute Gasteiger partial charge is 0.313 e. The Labute approximate surface area is 137 Å². The molecule has 2 atom stereocenters. The van der Waals surface area contributed by atoms with E-state index >= 15 is 0 Å². The zero-order valence-electron chi connectivity index (χ0n) is 11.9. The predicted molar refractivity (Wildman–Crippen MR) is 85.8 cm³/mol. The molecular weight excluding hydrogens is 360 g/mol. The van der Waals surface area contributed by atoms with E-state index in [0.29, 0.717) is 15.9 Å². The van der Waals surface area contributed by atoms with Gasteiger partial charge in [-0.1, -0.05) is 25.4 Å². The lowest BCUT2D eigenvalue weighted by Gasteiger charge is -2.53. The first kappa shape index (κ1) is 16.5. The molecule has 1 saturated carbocycles. The highest BCUT2D eigenvalue weighted by Gasteiger charge is 2.53. The average molecular weight is 378 g/mol. The van der Waals surface area contributed by atoms with Crippen LogP contribution in [-0.2, 0) is 0 Å². The normalized spacial score (nSPS) is 23.5. The summed E-state index contributed by atoms with van der Waals surface area (Å²) >= 11 is 9.17. The molecule has 2 rings (SSSR count). The summed E-state index contributed by atoms with van der Waals surface area (Å²) in [4.78, 5) is 10.7. The highest BCUT2D eigenvalue weighted by atomic mass is 79.9. The molecule has 116 valence electrons. The van der Waals surface area contributed by atoms with Gasteiger partial charge in [0.25, 0.3) is 0 Å². The number of nitrogens with two attached hydrogens (primary N) is 1. The lowest BCUT2D eigenvalue weighted by atomic mass is 9.59. The van der Waals surface area contributed by atoms with Gasteiger partial charge in [0.1, 0.15) is 6.10 Å². The Morgan fingerprint density at radius 3 is 2.62 bits per heavy atom. The third-order valence-electron chi connectivity index (χ3n) is 4.61. The second-order valence-corrected chi connectivity index (χ2v) is 6.67. The van der Waals surface area contributed by atoms with Crippen molar-refractivity contribution in [3.8, 4) is 5.75 Å². The summed E-state index contributed by atoms with van der Waals surface area (Å²) < 4.78 is 6.46. The van der Waals surface area contributed by atoms with Gasteiger partial charge in [-0.15, -0.1) is 0 Å². The zero-order chi connectivity index (χ0) is 15.8. The maximum absolute atomic E-state index is 11.2. The van der Waals surface area contributed by atoms with Gasteiger partial charge in [-0.3, -0.25) is 10.1 Å². The van der Waals surface area contributed by atoms with Crippen LogP contribution in [0.2, 0.25) is 5.02 Å². The van der Waals surface area contributed by atoms with Crippen molar-refractivity contribution in [1.29, 1.82) is 0 Å². The van der Waals surface area contributed by atoms with Gasteiger partial charge in [0.05, 0.1) is 9.40 Å². The molecule has 2 unspecified atom stereocenters. The number of nitro benzene ring substituents is 1. The van der Waals surface area contributed by atoms with E-state index in [1.807, 2.05) is 0 Å². The second-order valence-electron chi connectivity index (χ2n) is 5.38. The van der Waals surface area contributed by atoms with Crippen molar-refractivity contribution in [1.82, 2.24) is 0 Å². The maximum Gasteiger partial charge on any atom is 0.313 e. The summed E-state index contributed by atoms with van der Waals surface area (Å²) in [7, 11) is 0. The summed E-state index contributed by atoms with van der Waals surface area (Å²) in [5.41, 5.74) is 5.89. The van der Waals surface area contributed by atoms with E-state index in [1.54, 1.807) is 6.07 Å². The minimum atomic E-state index is -0.482. The Morgan fingerprint density at radius 1 is 1.52 bits per heavy atom. The molecule has 5 nitrogen and oxygen atoms in total. The van der Waals surface area contributed by atoms with Gasteiger partial charge in [-0.2, -0.15) is 0 Å². The fourth-order valence-electron chi connectivity index (χ4n) is 3.11. The molecule has 1 aromatic carbocycles. The highest BCUT2D eigenvalue weighted by molar-refractivity contribution is 9.10. The Balaban J connectivity index is 2.34. The van der Waals surface area contributed by atoms with Crippen LogP contribution in [0.5, 0.6) is 5.75 Å². The standard InChI is InChI=1S/C14H18BrClN2O3/c1-3-14(4-2)11(17)7-12(14)21-13-9(15)5-8(16)6-10(13)18(19)20/h5-6,11-12H,3-4,7,17H2,1-2H3. The Morgan fingerprint density at radius 2 is 2.14 bits per heavy atom. The van der Waals surface area contributed by atoms with E-state index in [2.05, 4.69) is 29.8 Å². The van der Waals surface area contributed by atoms with E-state index in [0.717, 1.165) is 12.8 Å². The zero-order valence-corrected chi connectivity index (χ0v) is 14.3. The van der Waals surface area contributed by atoms with Crippen molar-refractivity contribution >= 4 is 33.2 Å². The number of hydrogen-bond donors (Lipinski definition) is 1. The van der Waals surface area contributed by atoms with Crippen LogP contribution in [0.1, 0.15) is 33.1 Å². The molecule has 0 amide bonds. The quantitative estimate of drug-likeness (QED) is 0.613. The van der Waals surface area contributed by atoms with E-state index in [1.165, 1.54) is 6.07 Å². The summed E-state index contributed by atoms with van der Waals surface area (Å²) in [6.07, 6.45) is 2.36. The summed E-state index contributed by atoms with van der Waals surface area (Å²) in [5, 5.41) is 11.5. The first-order chi connectivity index (χ1) is 9.85. The van der Waals surface area contributed by atoms with Crippen molar-refractivity contribution in [2.24, 2.45) is 11.1 Å². The third kappa shape index (κ3) is 2.76. The largest absolute Gasteiger partial charge is 0.482 e. The van der Waals surface area contributed by atoms with Crippen molar-refractivity contribution < 1.29 is 9.66 Å². The van der Waals surface area contributed by atoms with Crippen LogP contribution >= 0.6 is 27.5 Å². The first-order valence-electron chi connectivity index (χ1n) is 6.91. The number of nitrogens with zero attached hydrogens (tertiary/aromatic N) is 1. The van der Waals surface area contributed by atoms with Crippen molar-refractivity contribution in [3.63, 3.8) is 0 Å². The fourth-order valence-corrected chi connectivity index (χ4v) is 4.00. The summed E-state index contributed by atoms with van der Waals surface area (Å²) in [6, 6.07) is 2.98. The highest BCUT2D eigenvalue weighted by Crippen LogP contribution is 2.50. The number of hydrogen-bond acceptors (Lipinski definition) is 4. The minimum absolute atomic E-state index is 0.0719. The molecule has 1 fully saturated rings. The summed E-state index contributed by atoms with van der Waals surface area (Å²) in [6.45, 7) is 4.15. The first-order valence-corrected chi connectivity index (χ1v) is 8.08. The van der Waals surface area contributed by atoms with Crippen LogP contribution in [0.25, 0.3) is 0 Å². The molecule has 1 aromatic rings. The second kappa shape index (κ2) is 6.10. The van der Waals surface area contributed by atoms with Gasteiger partial charge in [0, 0.05) is 29.0 Å². The molecule has 1 aliphatic rings. The molecule has 0 saturated heterocycles. The molecule has 21 heavy (non-hydrogen) atoms. The van der Waals surface area contributed by atoms with Crippen LogP contribution in [0.4, 0.5) is 5.69 Å². The Bertz CT molecular complexity index is 563. The average Bonchev–Trinajstić information content (AvgIpc) is 2.41. The lowest BCUT2D eigenvalue weighted by molar-refractivity contribution is -0.386. The predicted octanol–water partition coefficient (Wildman–Crippen LogP) is 4.30. The van der Waals surface area contributed by atoms with Crippen LogP contribution in [0.3, 0.4) is 0 Å². The van der Waals surface area contributed by atoms with E-state index < -0.39 is 4.92 Å². The van der Waals surface area contributed by atoms with E-state index in [4.69, 9.17) is 22.1 Å². The molecule has 0 aliphatic heterocycles. The fraction of sp³-hybridized carbons (Fsp3) is 0.571. The Hall–Kier alpha value is -0.850. The van der Waals surface area contributed by atoms with Gasteiger partial charge < -0.3 is 10.5 Å². The van der Waals surface area contributed by atoms with Crippen molar-refractivity contribution in [3.05, 3.63) is 31.7 Å². The molecule has 0 radical (unpaired) electrons. The molecule has 0 spiro atoms. The minimum Gasteiger partial charge on any atom is -0.482 e. The number of ether oxygens (including phenoxy) is 1. The molecular formula is C14H18BrClN2O3. The third-order valence-corrected chi connectivity index (χ3v) is 5.42. The van der Waals surface area contributed by atoms with Gasteiger partial charge >= 0.3 is 5.69 Å². The van der Waals surface area contributed by atoms with Crippen LogP contribution in [-0.4, -0.2) is 17.1 Å². The molecule has 0 aromatic heterocycles. The van der Waals surface area contributed by atoms with Crippen LogP contribution in [0.15, 0.2) is 16.6 Å².